The van der Waals surface area contributed by atoms with E-state index in [4.69, 9.17) is 25.5 Å². The second kappa shape index (κ2) is 8.22. The van der Waals surface area contributed by atoms with Crippen LogP contribution in [0.25, 0.3) is 11.5 Å². The van der Waals surface area contributed by atoms with Gasteiger partial charge in [-0.15, -0.1) is 10.2 Å². The van der Waals surface area contributed by atoms with Crippen LogP contribution in [0.15, 0.2) is 46.9 Å². The maximum absolute atomic E-state index is 12.3. The van der Waals surface area contributed by atoms with Gasteiger partial charge in [-0.25, -0.2) is 0 Å². The van der Waals surface area contributed by atoms with Crippen molar-refractivity contribution in [2.24, 2.45) is 0 Å². The van der Waals surface area contributed by atoms with Gasteiger partial charge in [0.25, 0.3) is 5.89 Å². The van der Waals surface area contributed by atoms with Gasteiger partial charge in [0.05, 0.1) is 13.5 Å². The SMILES string of the molecule is COc1ccc(Cl)cc1CC(=O)O[C@H](C)c1nnc(-c2ccc(C)cc2)o1. The van der Waals surface area contributed by atoms with Crippen LogP contribution in [0.4, 0.5) is 0 Å². The van der Waals surface area contributed by atoms with Gasteiger partial charge in [-0.05, 0) is 44.2 Å². The Balaban J connectivity index is 1.67. The molecule has 0 saturated heterocycles. The molecule has 7 heteroatoms. The van der Waals surface area contributed by atoms with Crippen molar-refractivity contribution in [3.05, 3.63) is 64.5 Å². The van der Waals surface area contributed by atoms with Gasteiger partial charge in [0, 0.05) is 16.1 Å². The lowest BCUT2D eigenvalue weighted by molar-refractivity contribution is -0.148. The second-order valence-electron chi connectivity index (χ2n) is 6.08. The number of esters is 1. The van der Waals surface area contributed by atoms with Crippen LogP contribution >= 0.6 is 11.6 Å². The first-order valence-electron chi connectivity index (χ1n) is 8.38. The van der Waals surface area contributed by atoms with Crippen LogP contribution in [0.2, 0.25) is 5.02 Å². The van der Waals surface area contributed by atoms with Gasteiger partial charge in [0.1, 0.15) is 5.75 Å². The Bertz CT molecular complexity index is 937. The highest BCUT2D eigenvalue weighted by Crippen LogP contribution is 2.26. The van der Waals surface area contributed by atoms with Crippen molar-refractivity contribution in [2.75, 3.05) is 7.11 Å². The van der Waals surface area contributed by atoms with Crippen molar-refractivity contribution in [2.45, 2.75) is 26.4 Å². The van der Waals surface area contributed by atoms with E-state index >= 15 is 0 Å². The maximum Gasteiger partial charge on any atom is 0.311 e. The summed E-state index contributed by atoms with van der Waals surface area (Å²) in [4.78, 5) is 12.3. The smallest absolute Gasteiger partial charge is 0.311 e. The van der Waals surface area contributed by atoms with Crippen molar-refractivity contribution in [1.82, 2.24) is 10.2 Å². The van der Waals surface area contributed by atoms with Gasteiger partial charge in [0.15, 0.2) is 6.10 Å². The van der Waals surface area contributed by atoms with Crippen molar-refractivity contribution < 1.29 is 18.7 Å². The quantitative estimate of drug-likeness (QED) is 0.578. The predicted molar refractivity (Wildman–Crippen MR) is 101 cm³/mol. The summed E-state index contributed by atoms with van der Waals surface area (Å²) in [5.74, 6) is 0.739. The number of nitrogens with zero attached hydrogens (tertiary/aromatic N) is 2. The van der Waals surface area contributed by atoms with Crippen LogP contribution in [0.1, 0.15) is 30.0 Å². The molecule has 0 saturated carbocycles. The molecule has 0 aliphatic heterocycles. The highest BCUT2D eigenvalue weighted by Gasteiger charge is 2.20. The molecule has 0 spiro atoms. The Morgan fingerprint density at radius 3 is 2.63 bits per heavy atom. The zero-order valence-electron chi connectivity index (χ0n) is 15.2. The van der Waals surface area contributed by atoms with Gasteiger partial charge in [0.2, 0.25) is 5.89 Å². The summed E-state index contributed by atoms with van der Waals surface area (Å²) in [5.41, 5.74) is 2.59. The molecular weight excluding hydrogens is 368 g/mol. The Morgan fingerprint density at radius 2 is 1.93 bits per heavy atom. The third-order valence-corrected chi connectivity index (χ3v) is 4.21. The summed E-state index contributed by atoms with van der Waals surface area (Å²) in [5, 5.41) is 8.52. The monoisotopic (exact) mass is 386 g/mol. The first-order chi connectivity index (χ1) is 13.0. The van der Waals surface area contributed by atoms with Gasteiger partial charge >= 0.3 is 5.97 Å². The minimum atomic E-state index is -0.672. The molecule has 27 heavy (non-hydrogen) atoms. The van der Waals surface area contributed by atoms with Gasteiger partial charge in [-0.2, -0.15) is 0 Å². The second-order valence-corrected chi connectivity index (χ2v) is 6.51. The molecule has 0 N–H and O–H groups in total. The molecule has 0 aliphatic carbocycles. The molecule has 0 fully saturated rings. The van der Waals surface area contributed by atoms with Crippen LogP contribution in [0.5, 0.6) is 5.75 Å². The van der Waals surface area contributed by atoms with Gasteiger partial charge in [-0.3, -0.25) is 4.79 Å². The van der Waals surface area contributed by atoms with E-state index < -0.39 is 12.1 Å². The molecule has 0 radical (unpaired) electrons. The molecule has 0 unspecified atom stereocenters. The van der Waals surface area contributed by atoms with E-state index in [-0.39, 0.29) is 12.3 Å². The number of methoxy groups -OCH3 is 1. The number of carbonyl (C=O) groups excluding carboxylic acids is 1. The number of halogens is 1. The first-order valence-corrected chi connectivity index (χ1v) is 8.76. The average molecular weight is 387 g/mol. The number of aromatic nitrogens is 2. The highest BCUT2D eigenvalue weighted by molar-refractivity contribution is 6.30. The molecule has 2 aromatic carbocycles. The van der Waals surface area contributed by atoms with Crippen molar-refractivity contribution >= 4 is 17.6 Å². The van der Waals surface area contributed by atoms with Crippen molar-refractivity contribution in [1.29, 1.82) is 0 Å². The Hall–Kier alpha value is -2.86. The number of ether oxygens (including phenoxy) is 2. The molecule has 3 rings (SSSR count). The zero-order chi connectivity index (χ0) is 19.4. The van der Waals surface area contributed by atoms with E-state index in [1.807, 2.05) is 31.2 Å². The summed E-state index contributed by atoms with van der Waals surface area (Å²) in [7, 11) is 1.53. The molecule has 0 bridgehead atoms. The van der Waals surface area contributed by atoms with Crippen LogP contribution in [-0.2, 0) is 16.0 Å². The topological polar surface area (TPSA) is 74.5 Å². The Kier molecular flexibility index (Phi) is 5.76. The van der Waals surface area contributed by atoms with Crippen LogP contribution in [-0.4, -0.2) is 23.3 Å². The molecular formula is C20H19ClN2O4. The lowest BCUT2D eigenvalue weighted by Crippen LogP contribution is -2.12. The number of aryl methyl sites for hydroxylation is 1. The van der Waals surface area contributed by atoms with E-state index in [1.54, 1.807) is 25.1 Å². The van der Waals surface area contributed by atoms with Crippen molar-refractivity contribution in [3.63, 3.8) is 0 Å². The fourth-order valence-corrected chi connectivity index (χ4v) is 2.74. The lowest BCUT2D eigenvalue weighted by Gasteiger charge is -2.11. The Morgan fingerprint density at radius 1 is 1.19 bits per heavy atom. The zero-order valence-corrected chi connectivity index (χ0v) is 16.0. The van der Waals surface area contributed by atoms with Crippen LogP contribution < -0.4 is 4.74 Å². The fraction of sp³-hybridized carbons (Fsp3) is 0.250. The Labute approximate surface area is 162 Å². The minimum absolute atomic E-state index is 0.0209. The van der Waals surface area contributed by atoms with E-state index in [0.717, 1.165) is 11.1 Å². The molecule has 140 valence electrons. The minimum Gasteiger partial charge on any atom is -0.496 e. The summed E-state index contributed by atoms with van der Waals surface area (Å²) in [6.07, 6.45) is -0.651. The number of hydrogen-bond acceptors (Lipinski definition) is 6. The standard InChI is InChI=1S/C20H19ClN2O4/c1-12-4-6-14(7-5-12)20-23-22-19(27-20)13(2)26-18(24)11-15-10-16(21)8-9-17(15)25-3/h4-10,13H,11H2,1-3H3/t13-/m1/s1. The van der Waals surface area contributed by atoms with Gasteiger partial charge in [-0.1, -0.05) is 29.3 Å². The van der Waals surface area contributed by atoms with E-state index in [9.17, 15) is 4.79 Å². The average Bonchev–Trinajstić information content (AvgIpc) is 3.13. The molecule has 1 aromatic heterocycles. The number of rotatable bonds is 6. The summed E-state index contributed by atoms with van der Waals surface area (Å²) in [6.45, 7) is 3.68. The fourth-order valence-electron chi connectivity index (χ4n) is 2.54. The van der Waals surface area contributed by atoms with Gasteiger partial charge < -0.3 is 13.9 Å². The summed E-state index contributed by atoms with van der Waals surface area (Å²) < 4.78 is 16.3. The normalized spacial score (nSPS) is 11.9. The summed E-state index contributed by atoms with van der Waals surface area (Å²) in [6, 6.07) is 12.8. The number of benzene rings is 2. The lowest BCUT2D eigenvalue weighted by atomic mass is 10.1. The third kappa shape index (κ3) is 4.65. The molecule has 3 aromatic rings. The molecule has 0 aliphatic rings. The summed E-state index contributed by atoms with van der Waals surface area (Å²) >= 11 is 5.99. The third-order valence-electron chi connectivity index (χ3n) is 3.97. The van der Waals surface area contributed by atoms with E-state index in [0.29, 0.717) is 22.2 Å². The van der Waals surface area contributed by atoms with Crippen molar-refractivity contribution in [3.8, 4) is 17.2 Å². The first kappa shape index (κ1) is 18.9. The number of carbonyl (C=O) groups is 1. The predicted octanol–water partition coefficient (Wildman–Crippen LogP) is 4.55. The largest absolute Gasteiger partial charge is 0.496 e. The molecule has 0 amide bonds. The maximum atomic E-state index is 12.3. The van der Waals surface area contributed by atoms with Crippen LogP contribution in [0.3, 0.4) is 0 Å². The highest BCUT2D eigenvalue weighted by atomic mass is 35.5. The molecule has 1 heterocycles. The molecule has 1 atom stereocenters. The van der Waals surface area contributed by atoms with Crippen LogP contribution in [0, 0.1) is 6.92 Å². The molecule has 6 nitrogen and oxygen atoms in total. The number of hydrogen-bond donors (Lipinski definition) is 0. The van der Waals surface area contributed by atoms with E-state index in [1.165, 1.54) is 7.11 Å². The van der Waals surface area contributed by atoms with E-state index in [2.05, 4.69) is 10.2 Å².